The first-order chi connectivity index (χ1) is 9.08. The highest BCUT2D eigenvalue weighted by atomic mass is 79.9. The van der Waals surface area contributed by atoms with Crippen molar-refractivity contribution in [3.05, 3.63) is 58.3 Å². The van der Waals surface area contributed by atoms with Crippen LogP contribution in [0.1, 0.15) is 17.2 Å². The molecule has 1 atom stereocenters. The zero-order valence-corrected chi connectivity index (χ0v) is 12.0. The lowest BCUT2D eigenvalue weighted by Crippen LogP contribution is -2.28. The minimum absolute atomic E-state index is 0.431. The Hall–Kier alpha value is -1.88. The number of nitrogens with one attached hydrogen (secondary N) is 1. The van der Waals surface area contributed by atoms with Gasteiger partial charge in [0.25, 0.3) is 0 Å². The van der Waals surface area contributed by atoms with E-state index in [0.717, 1.165) is 21.3 Å². The number of amides is 1. The number of aromatic nitrogens is 1. The van der Waals surface area contributed by atoms with E-state index in [1.165, 1.54) is 0 Å². The lowest BCUT2D eigenvalue weighted by molar-refractivity contribution is -0.118. The summed E-state index contributed by atoms with van der Waals surface area (Å²) in [6.45, 7) is 1.93. The SMILES string of the molecule is Cc1ccncc1C(Nc1ccc(Br)cc1)C(N)=O. The first-order valence-electron chi connectivity index (χ1n) is 5.80. The quantitative estimate of drug-likeness (QED) is 0.910. The number of rotatable bonds is 4. The second-order valence-electron chi connectivity index (χ2n) is 4.22. The van der Waals surface area contributed by atoms with Crippen molar-refractivity contribution in [1.29, 1.82) is 0 Å². The molecule has 5 heteroatoms. The van der Waals surface area contributed by atoms with Gasteiger partial charge in [0.05, 0.1) is 0 Å². The maximum absolute atomic E-state index is 11.6. The molecule has 19 heavy (non-hydrogen) atoms. The number of halogens is 1. The van der Waals surface area contributed by atoms with Crippen molar-refractivity contribution >= 4 is 27.5 Å². The van der Waals surface area contributed by atoms with Crippen LogP contribution in [0.2, 0.25) is 0 Å². The van der Waals surface area contributed by atoms with Crippen LogP contribution in [0.4, 0.5) is 5.69 Å². The fourth-order valence-electron chi connectivity index (χ4n) is 1.79. The van der Waals surface area contributed by atoms with Crippen LogP contribution < -0.4 is 11.1 Å². The Bertz CT molecular complexity index is 583. The van der Waals surface area contributed by atoms with Gasteiger partial charge in [-0.2, -0.15) is 0 Å². The monoisotopic (exact) mass is 319 g/mol. The zero-order valence-electron chi connectivity index (χ0n) is 10.4. The number of nitrogens with zero attached hydrogens (tertiary/aromatic N) is 1. The van der Waals surface area contributed by atoms with E-state index in [2.05, 4.69) is 26.2 Å². The van der Waals surface area contributed by atoms with Gasteiger partial charge in [0.15, 0.2) is 0 Å². The number of aryl methyl sites for hydroxylation is 1. The van der Waals surface area contributed by atoms with Gasteiger partial charge in [0.1, 0.15) is 6.04 Å². The number of hydrogen-bond acceptors (Lipinski definition) is 3. The molecular weight excluding hydrogens is 306 g/mol. The van der Waals surface area contributed by atoms with Crippen molar-refractivity contribution in [3.8, 4) is 0 Å². The van der Waals surface area contributed by atoms with E-state index in [9.17, 15) is 4.79 Å². The molecule has 98 valence electrons. The standard InChI is InChI=1S/C14H14BrN3O/c1-9-6-7-17-8-12(9)13(14(16)19)18-11-4-2-10(15)3-5-11/h2-8,13,18H,1H3,(H2,16,19). The average molecular weight is 320 g/mol. The molecule has 1 heterocycles. The van der Waals surface area contributed by atoms with Crippen LogP contribution in [-0.2, 0) is 4.79 Å². The van der Waals surface area contributed by atoms with Gasteiger partial charge >= 0.3 is 0 Å². The molecule has 0 fully saturated rings. The molecule has 1 aromatic heterocycles. The number of benzene rings is 1. The fraction of sp³-hybridized carbons (Fsp3) is 0.143. The molecule has 1 aromatic carbocycles. The normalized spacial score (nSPS) is 11.9. The highest BCUT2D eigenvalue weighted by molar-refractivity contribution is 9.10. The molecule has 2 rings (SSSR count). The third-order valence-corrected chi connectivity index (χ3v) is 3.36. The van der Waals surface area contributed by atoms with Crippen LogP contribution in [0.15, 0.2) is 47.2 Å². The minimum Gasteiger partial charge on any atom is -0.370 e. The van der Waals surface area contributed by atoms with E-state index in [1.807, 2.05) is 37.3 Å². The molecule has 0 aliphatic rings. The van der Waals surface area contributed by atoms with Crippen LogP contribution in [0.3, 0.4) is 0 Å². The van der Waals surface area contributed by atoms with Crippen molar-refractivity contribution in [2.24, 2.45) is 5.73 Å². The molecule has 4 nitrogen and oxygen atoms in total. The topological polar surface area (TPSA) is 68.0 Å². The molecule has 0 aliphatic carbocycles. The van der Waals surface area contributed by atoms with Crippen molar-refractivity contribution < 1.29 is 4.79 Å². The Morgan fingerprint density at radius 2 is 2.00 bits per heavy atom. The average Bonchev–Trinajstić information content (AvgIpc) is 2.39. The second kappa shape index (κ2) is 5.84. The first kappa shape index (κ1) is 13.5. The van der Waals surface area contributed by atoms with Gasteiger partial charge in [0, 0.05) is 28.1 Å². The van der Waals surface area contributed by atoms with Gasteiger partial charge in [-0.1, -0.05) is 15.9 Å². The largest absolute Gasteiger partial charge is 0.370 e. The van der Waals surface area contributed by atoms with Gasteiger partial charge in [-0.05, 0) is 42.8 Å². The fourth-order valence-corrected chi connectivity index (χ4v) is 2.06. The lowest BCUT2D eigenvalue weighted by atomic mass is 10.0. The van der Waals surface area contributed by atoms with Crippen LogP contribution in [-0.4, -0.2) is 10.9 Å². The summed E-state index contributed by atoms with van der Waals surface area (Å²) in [7, 11) is 0. The molecule has 3 N–H and O–H groups in total. The third-order valence-electron chi connectivity index (χ3n) is 2.83. The van der Waals surface area contributed by atoms with E-state index >= 15 is 0 Å². The summed E-state index contributed by atoms with van der Waals surface area (Å²) < 4.78 is 0.978. The number of pyridine rings is 1. The van der Waals surface area contributed by atoms with Gasteiger partial charge in [-0.15, -0.1) is 0 Å². The molecule has 2 aromatic rings. The van der Waals surface area contributed by atoms with Gasteiger partial charge in [-0.25, -0.2) is 0 Å². The zero-order chi connectivity index (χ0) is 13.8. The second-order valence-corrected chi connectivity index (χ2v) is 5.13. The summed E-state index contributed by atoms with van der Waals surface area (Å²) in [5.74, 6) is -0.431. The predicted molar refractivity (Wildman–Crippen MR) is 78.7 cm³/mol. The van der Waals surface area contributed by atoms with Crippen LogP contribution in [0.5, 0.6) is 0 Å². The Labute approximate surface area is 120 Å². The Morgan fingerprint density at radius 3 is 2.58 bits per heavy atom. The molecule has 0 bridgehead atoms. The van der Waals surface area contributed by atoms with Crippen LogP contribution in [0.25, 0.3) is 0 Å². The van der Waals surface area contributed by atoms with E-state index in [-0.39, 0.29) is 0 Å². The summed E-state index contributed by atoms with van der Waals surface area (Å²) in [5.41, 5.74) is 8.07. The summed E-state index contributed by atoms with van der Waals surface area (Å²) in [4.78, 5) is 15.7. The van der Waals surface area contributed by atoms with Gasteiger partial charge in [-0.3, -0.25) is 9.78 Å². The minimum atomic E-state index is -0.588. The first-order valence-corrected chi connectivity index (χ1v) is 6.59. The summed E-state index contributed by atoms with van der Waals surface area (Å²) in [6, 6.07) is 8.83. The summed E-state index contributed by atoms with van der Waals surface area (Å²) >= 11 is 3.37. The summed E-state index contributed by atoms with van der Waals surface area (Å²) in [6.07, 6.45) is 3.35. The Balaban J connectivity index is 2.29. The molecule has 1 unspecified atom stereocenters. The number of primary amides is 1. The highest BCUT2D eigenvalue weighted by Gasteiger charge is 2.19. The molecular formula is C14H14BrN3O. The molecule has 0 aliphatic heterocycles. The Morgan fingerprint density at radius 1 is 1.32 bits per heavy atom. The maximum atomic E-state index is 11.6. The molecule has 0 spiro atoms. The van der Waals surface area contributed by atoms with E-state index in [0.29, 0.717) is 0 Å². The highest BCUT2D eigenvalue weighted by Crippen LogP contribution is 2.22. The van der Waals surface area contributed by atoms with Crippen molar-refractivity contribution in [3.63, 3.8) is 0 Å². The van der Waals surface area contributed by atoms with E-state index in [1.54, 1.807) is 12.4 Å². The molecule has 0 radical (unpaired) electrons. The van der Waals surface area contributed by atoms with Crippen molar-refractivity contribution in [1.82, 2.24) is 4.98 Å². The number of carbonyl (C=O) groups excluding carboxylic acids is 1. The van der Waals surface area contributed by atoms with Gasteiger partial charge < -0.3 is 11.1 Å². The maximum Gasteiger partial charge on any atom is 0.244 e. The lowest BCUT2D eigenvalue weighted by Gasteiger charge is -2.18. The predicted octanol–water partition coefficient (Wildman–Crippen LogP) is 2.79. The van der Waals surface area contributed by atoms with Gasteiger partial charge in [0.2, 0.25) is 5.91 Å². The molecule has 0 saturated heterocycles. The number of hydrogen-bond donors (Lipinski definition) is 2. The van der Waals surface area contributed by atoms with E-state index < -0.39 is 11.9 Å². The van der Waals surface area contributed by atoms with Crippen molar-refractivity contribution in [2.45, 2.75) is 13.0 Å². The van der Waals surface area contributed by atoms with E-state index in [4.69, 9.17) is 5.73 Å². The smallest absolute Gasteiger partial charge is 0.244 e. The summed E-state index contributed by atoms with van der Waals surface area (Å²) in [5, 5.41) is 3.13. The molecule has 1 amide bonds. The number of carbonyl (C=O) groups is 1. The Kier molecular flexibility index (Phi) is 4.16. The molecule has 0 saturated carbocycles. The number of anilines is 1. The third kappa shape index (κ3) is 3.32. The van der Waals surface area contributed by atoms with Crippen LogP contribution >= 0.6 is 15.9 Å². The van der Waals surface area contributed by atoms with Crippen molar-refractivity contribution in [2.75, 3.05) is 5.32 Å². The van der Waals surface area contributed by atoms with Crippen LogP contribution in [0, 0.1) is 6.92 Å². The number of nitrogens with two attached hydrogens (primary N) is 1.